The van der Waals surface area contributed by atoms with Gasteiger partial charge >= 0.3 is 6.36 Å². The molecule has 1 aromatic heterocycles. The van der Waals surface area contributed by atoms with Crippen LogP contribution in [-0.2, 0) is 4.74 Å². The van der Waals surface area contributed by atoms with Gasteiger partial charge in [0.1, 0.15) is 5.75 Å². The normalized spacial score (nSPS) is 26.4. The Labute approximate surface area is 171 Å². The molecule has 0 saturated carbocycles. The van der Waals surface area contributed by atoms with E-state index in [4.69, 9.17) is 10.1 Å². The van der Waals surface area contributed by atoms with Gasteiger partial charge < -0.3 is 9.47 Å². The van der Waals surface area contributed by atoms with Crippen LogP contribution < -0.4 is 10.1 Å². The lowest BCUT2D eigenvalue weighted by molar-refractivity contribution is -0.274. The van der Waals surface area contributed by atoms with Gasteiger partial charge in [0.2, 0.25) is 0 Å². The van der Waals surface area contributed by atoms with Crippen molar-refractivity contribution in [3.8, 4) is 5.75 Å². The number of hydrogen-bond acceptors (Lipinski definition) is 5. The minimum atomic E-state index is -4.68. The zero-order chi connectivity index (χ0) is 20.4. The molecule has 2 fully saturated rings. The molecule has 0 N–H and O–H groups in total. The van der Waals surface area contributed by atoms with E-state index in [0.29, 0.717) is 19.8 Å². The number of nitrogens with zero attached hydrogens (tertiary/aromatic N) is 3. The Morgan fingerprint density at radius 1 is 1.17 bits per heavy atom. The second-order valence-electron chi connectivity index (χ2n) is 7.49. The highest BCUT2D eigenvalue weighted by molar-refractivity contribution is 7.09. The Balaban J connectivity index is 1.54. The highest BCUT2D eigenvalue weighted by Gasteiger charge is 2.35. The molecular weight excluding hydrogens is 403 g/mol. The number of piperidine rings is 1. The molecule has 3 unspecified atom stereocenters. The van der Waals surface area contributed by atoms with E-state index in [1.807, 2.05) is 6.92 Å². The number of alkyl halides is 3. The standard InChI is InChI=1S/C20H23F3N3O2S/c1-13-12-29-19(25-13)16-8-15(9-26(10-16)18-11-27-7-6-24-18)14-2-4-17(5-3-14)28-20(21,22)23/h2-5,12,15-16,18H,6-11H2,1H3. The predicted molar refractivity (Wildman–Crippen MR) is 103 cm³/mol. The van der Waals surface area contributed by atoms with Gasteiger partial charge in [-0.25, -0.2) is 10.3 Å². The fourth-order valence-electron chi connectivity index (χ4n) is 4.03. The summed E-state index contributed by atoms with van der Waals surface area (Å²) >= 11 is 1.67. The molecule has 5 nitrogen and oxygen atoms in total. The molecule has 3 heterocycles. The third kappa shape index (κ3) is 5.28. The van der Waals surface area contributed by atoms with Crippen LogP contribution in [0.25, 0.3) is 0 Å². The molecule has 2 aliphatic rings. The fraction of sp³-hybridized carbons (Fsp3) is 0.550. The van der Waals surface area contributed by atoms with Crippen molar-refractivity contribution in [1.29, 1.82) is 0 Å². The molecule has 2 aliphatic heterocycles. The van der Waals surface area contributed by atoms with Gasteiger partial charge in [-0.3, -0.25) is 4.90 Å². The quantitative estimate of drug-likeness (QED) is 0.745. The van der Waals surface area contributed by atoms with Gasteiger partial charge in [-0.15, -0.1) is 24.5 Å². The molecule has 4 rings (SSSR count). The smallest absolute Gasteiger partial charge is 0.406 e. The third-order valence-corrected chi connectivity index (χ3v) is 6.44. The van der Waals surface area contributed by atoms with E-state index < -0.39 is 6.36 Å². The van der Waals surface area contributed by atoms with Crippen molar-refractivity contribution in [2.45, 2.75) is 37.7 Å². The van der Waals surface area contributed by atoms with Gasteiger partial charge in [-0.1, -0.05) is 12.1 Å². The van der Waals surface area contributed by atoms with E-state index in [2.05, 4.69) is 20.0 Å². The van der Waals surface area contributed by atoms with Crippen molar-refractivity contribution in [3.63, 3.8) is 0 Å². The summed E-state index contributed by atoms with van der Waals surface area (Å²) in [5.74, 6) is 0.238. The number of likely N-dealkylation sites (tertiary alicyclic amines) is 1. The molecule has 3 atom stereocenters. The van der Waals surface area contributed by atoms with Crippen LogP contribution >= 0.6 is 11.3 Å². The van der Waals surface area contributed by atoms with E-state index >= 15 is 0 Å². The number of aromatic nitrogens is 1. The average molecular weight is 426 g/mol. The van der Waals surface area contributed by atoms with Crippen molar-refractivity contribution < 1.29 is 22.6 Å². The number of halogens is 3. The molecule has 2 saturated heterocycles. The highest BCUT2D eigenvalue weighted by Crippen LogP contribution is 2.38. The number of hydrogen-bond donors (Lipinski definition) is 0. The number of ether oxygens (including phenoxy) is 2. The minimum Gasteiger partial charge on any atom is -0.406 e. The molecule has 0 amide bonds. The summed E-state index contributed by atoms with van der Waals surface area (Å²) in [5.41, 5.74) is 2.01. The minimum absolute atomic E-state index is 0.0166. The lowest BCUT2D eigenvalue weighted by atomic mass is 9.84. The topological polar surface area (TPSA) is 48.7 Å². The van der Waals surface area contributed by atoms with Gasteiger partial charge in [0, 0.05) is 36.6 Å². The molecule has 0 spiro atoms. The zero-order valence-corrected chi connectivity index (χ0v) is 16.9. The first-order chi connectivity index (χ1) is 13.9. The van der Waals surface area contributed by atoms with Crippen molar-refractivity contribution in [2.75, 3.05) is 32.8 Å². The number of thiazole rings is 1. The van der Waals surface area contributed by atoms with Crippen molar-refractivity contribution >= 4 is 11.3 Å². The van der Waals surface area contributed by atoms with Gasteiger partial charge in [0.25, 0.3) is 0 Å². The van der Waals surface area contributed by atoms with Crippen LogP contribution in [0.5, 0.6) is 5.75 Å². The van der Waals surface area contributed by atoms with Gasteiger partial charge in [0.15, 0.2) is 0 Å². The lowest BCUT2D eigenvalue weighted by Gasteiger charge is -2.42. The Morgan fingerprint density at radius 2 is 1.93 bits per heavy atom. The summed E-state index contributed by atoms with van der Waals surface area (Å²) in [6.45, 7) is 5.56. The maximum Gasteiger partial charge on any atom is 0.573 e. The SMILES string of the molecule is Cc1csc(C2CC(c3ccc(OC(F)(F)F)cc3)CN(C3COCC[N]3)C2)n1. The summed E-state index contributed by atoms with van der Waals surface area (Å²) in [5, 5.41) is 7.87. The van der Waals surface area contributed by atoms with E-state index in [1.54, 1.807) is 23.5 Å². The van der Waals surface area contributed by atoms with E-state index in [1.165, 1.54) is 12.1 Å². The number of aryl methyl sites for hydroxylation is 1. The van der Waals surface area contributed by atoms with Gasteiger partial charge in [-0.2, -0.15) is 0 Å². The molecule has 157 valence electrons. The second kappa shape index (κ2) is 8.59. The predicted octanol–water partition coefficient (Wildman–Crippen LogP) is 3.88. The van der Waals surface area contributed by atoms with Crippen LogP contribution in [0.15, 0.2) is 29.6 Å². The summed E-state index contributed by atoms with van der Waals surface area (Å²) < 4.78 is 46.9. The second-order valence-corrected chi connectivity index (χ2v) is 8.38. The first kappa shape index (κ1) is 20.6. The molecule has 2 aromatic rings. The van der Waals surface area contributed by atoms with Gasteiger partial charge in [0.05, 0.1) is 24.4 Å². The maximum atomic E-state index is 12.4. The Kier molecular flexibility index (Phi) is 6.10. The third-order valence-electron chi connectivity index (χ3n) is 5.31. The van der Waals surface area contributed by atoms with Crippen molar-refractivity contribution in [1.82, 2.24) is 15.2 Å². The molecule has 1 aromatic carbocycles. The van der Waals surface area contributed by atoms with Crippen LogP contribution in [0.3, 0.4) is 0 Å². The fourth-order valence-corrected chi connectivity index (χ4v) is 4.93. The monoisotopic (exact) mass is 426 g/mol. The number of benzene rings is 1. The first-order valence-corrected chi connectivity index (χ1v) is 10.5. The Hall–Kier alpha value is -1.68. The summed E-state index contributed by atoms with van der Waals surface area (Å²) in [4.78, 5) is 7.01. The number of rotatable bonds is 4. The van der Waals surface area contributed by atoms with Crippen LogP contribution in [0, 0.1) is 6.92 Å². The molecule has 0 bridgehead atoms. The van der Waals surface area contributed by atoms with Crippen molar-refractivity contribution in [2.24, 2.45) is 0 Å². The van der Waals surface area contributed by atoms with Crippen molar-refractivity contribution in [3.05, 3.63) is 45.9 Å². The molecular formula is C20H23F3N3O2S. The van der Waals surface area contributed by atoms with E-state index in [9.17, 15) is 13.2 Å². The van der Waals surface area contributed by atoms with Crippen LogP contribution in [0.1, 0.15) is 34.5 Å². The van der Waals surface area contributed by atoms with E-state index in [-0.39, 0.29) is 23.8 Å². The largest absolute Gasteiger partial charge is 0.573 e. The Bertz CT molecular complexity index is 806. The molecule has 1 radical (unpaired) electrons. The highest BCUT2D eigenvalue weighted by atomic mass is 32.1. The summed E-state index contributed by atoms with van der Waals surface area (Å²) in [7, 11) is 0. The average Bonchev–Trinajstić information content (AvgIpc) is 3.14. The van der Waals surface area contributed by atoms with Crippen LogP contribution in [0.2, 0.25) is 0 Å². The van der Waals surface area contributed by atoms with Gasteiger partial charge in [-0.05, 0) is 37.0 Å². The Morgan fingerprint density at radius 3 is 2.55 bits per heavy atom. The molecule has 0 aliphatic carbocycles. The molecule has 29 heavy (non-hydrogen) atoms. The van der Waals surface area contributed by atoms with Crippen LogP contribution in [0.4, 0.5) is 13.2 Å². The first-order valence-electron chi connectivity index (χ1n) is 9.63. The zero-order valence-electron chi connectivity index (χ0n) is 16.1. The molecule has 9 heteroatoms. The number of morpholine rings is 1. The summed E-state index contributed by atoms with van der Waals surface area (Å²) in [6.07, 6.45) is -3.77. The van der Waals surface area contributed by atoms with Crippen LogP contribution in [-0.4, -0.2) is 55.3 Å². The van der Waals surface area contributed by atoms with E-state index in [0.717, 1.165) is 35.8 Å². The lowest BCUT2D eigenvalue weighted by Crippen LogP contribution is -2.53. The summed E-state index contributed by atoms with van der Waals surface area (Å²) in [6, 6.07) is 6.23. The maximum absolute atomic E-state index is 12.4.